The molecule has 0 aliphatic heterocycles. The van der Waals surface area contributed by atoms with Crippen LogP contribution in [0, 0.1) is 0 Å². The Kier molecular flexibility index (Phi) is 4.74. The number of aromatic nitrogens is 2. The number of hydrogen-bond donors (Lipinski definition) is 2. The van der Waals surface area contributed by atoms with Crippen LogP contribution >= 0.6 is 22.7 Å². The van der Waals surface area contributed by atoms with Gasteiger partial charge in [0.1, 0.15) is 10.8 Å². The van der Waals surface area contributed by atoms with Gasteiger partial charge in [0.25, 0.3) is 0 Å². The number of imidazole rings is 1. The van der Waals surface area contributed by atoms with Crippen molar-refractivity contribution in [3.05, 3.63) is 57.1 Å². The zero-order valence-corrected chi connectivity index (χ0v) is 17.1. The minimum Gasteiger partial charge on any atom is -0.338 e. The number of rotatable bonds is 5. The summed E-state index contributed by atoms with van der Waals surface area (Å²) in [6.45, 7) is 0. The predicted octanol–water partition coefficient (Wildman–Crippen LogP) is 5.80. The van der Waals surface area contributed by atoms with Crippen LogP contribution in [-0.4, -0.2) is 15.9 Å². The molecule has 6 heteroatoms. The summed E-state index contributed by atoms with van der Waals surface area (Å²) >= 11 is 3.40. The van der Waals surface area contributed by atoms with E-state index >= 15 is 0 Å². The van der Waals surface area contributed by atoms with Gasteiger partial charge in [0.05, 0.1) is 16.6 Å². The van der Waals surface area contributed by atoms with E-state index < -0.39 is 0 Å². The fraction of sp³-hybridized carbons (Fsp3) is 0.273. The number of aromatic amines is 1. The minimum absolute atomic E-state index is 0.0714. The molecule has 3 heterocycles. The van der Waals surface area contributed by atoms with Crippen molar-refractivity contribution >= 4 is 44.6 Å². The predicted molar refractivity (Wildman–Crippen MR) is 117 cm³/mol. The summed E-state index contributed by atoms with van der Waals surface area (Å²) in [4.78, 5) is 22.3. The van der Waals surface area contributed by atoms with E-state index in [1.54, 1.807) is 22.7 Å². The summed E-state index contributed by atoms with van der Waals surface area (Å²) in [5.74, 6) is 0.941. The van der Waals surface area contributed by atoms with Crippen LogP contribution in [0.5, 0.6) is 0 Å². The van der Waals surface area contributed by atoms with Crippen LogP contribution in [0.2, 0.25) is 0 Å². The van der Waals surface area contributed by atoms with Crippen molar-refractivity contribution in [3.63, 3.8) is 0 Å². The van der Waals surface area contributed by atoms with Crippen molar-refractivity contribution in [2.24, 2.45) is 0 Å². The van der Waals surface area contributed by atoms with Gasteiger partial charge in [-0.25, -0.2) is 4.98 Å². The number of amides is 1. The van der Waals surface area contributed by atoms with Gasteiger partial charge in [0.15, 0.2) is 0 Å². The molecule has 0 saturated carbocycles. The molecule has 1 aromatic carbocycles. The fourth-order valence-electron chi connectivity index (χ4n) is 3.86. The Labute approximate surface area is 171 Å². The molecule has 3 aromatic heterocycles. The van der Waals surface area contributed by atoms with Crippen LogP contribution in [0.4, 0.5) is 5.00 Å². The molecule has 4 aromatic rings. The molecule has 142 valence electrons. The highest BCUT2D eigenvalue weighted by Crippen LogP contribution is 2.43. The minimum atomic E-state index is 0.0714. The van der Waals surface area contributed by atoms with Crippen molar-refractivity contribution in [2.75, 3.05) is 5.32 Å². The first-order valence-corrected chi connectivity index (χ1v) is 11.4. The van der Waals surface area contributed by atoms with E-state index in [1.165, 1.54) is 28.8 Å². The highest BCUT2D eigenvalue weighted by Gasteiger charge is 2.24. The highest BCUT2D eigenvalue weighted by atomic mass is 32.1. The number of para-hydroxylation sites is 2. The quantitative estimate of drug-likeness (QED) is 0.439. The monoisotopic (exact) mass is 407 g/mol. The van der Waals surface area contributed by atoms with E-state index in [0.717, 1.165) is 46.7 Å². The number of benzene rings is 1. The lowest BCUT2D eigenvalue weighted by Gasteiger charge is -2.12. The molecule has 5 rings (SSSR count). The molecule has 2 N–H and O–H groups in total. The highest BCUT2D eigenvalue weighted by molar-refractivity contribution is 7.17. The van der Waals surface area contributed by atoms with Crippen molar-refractivity contribution in [3.8, 4) is 11.4 Å². The lowest BCUT2D eigenvalue weighted by atomic mass is 9.95. The van der Waals surface area contributed by atoms with Crippen LogP contribution in [0.3, 0.4) is 0 Å². The molecule has 4 nitrogen and oxygen atoms in total. The second kappa shape index (κ2) is 7.53. The van der Waals surface area contributed by atoms with E-state index in [4.69, 9.17) is 4.98 Å². The third kappa shape index (κ3) is 3.38. The van der Waals surface area contributed by atoms with Gasteiger partial charge in [-0.3, -0.25) is 4.79 Å². The molecule has 0 saturated heterocycles. The Balaban J connectivity index is 1.47. The Morgan fingerprint density at radius 1 is 1.18 bits per heavy atom. The Morgan fingerprint density at radius 3 is 2.93 bits per heavy atom. The Morgan fingerprint density at radius 2 is 2.07 bits per heavy atom. The molecule has 1 aliphatic carbocycles. The van der Waals surface area contributed by atoms with Gasteiger partial charge in [-0.1, -0.05) is 12.1 Å². The van der Waals surface area contributed by atoms with E-state index in [2.05, 4.69) is 27.1 Å². The molecule has 0 unspecified atom stereocenters. The van der Waals surface area contributed by atoms with E-state index in [1.807, 2.05) is 24.3 Å². The normalized spacial score (nSPS) is 13.6. The summed E-state index contributed by atoms with van der Waals surface area (Å²) in [6, 6.07) is 10.2. The van der Waals surface area contributed by atoms with E-state index in [0.29, 0.717) is 6.42 Å². The molecule has 0 spiro atoms. The number of anilines is 1. The lowest BCUT2D eigenvalue weighted by Crippen LogP contribution is -2.12. The van der Waals surface area contributed by atoms with Crippen LogP contribution in [-0.2, 0) is 24.1 Å². The number of thiophene rings is 2. The average Bonchev–Trinajstić information content (AvgIpc) is 3.43. The number of carbonyl (C=O) groups excluding carboxylic acids is 1. The first kappa shape index (κ1) is 17.6. The number of hydrogen-bond acceptors (Lipinski definition) is 4. The zero-order chi connectivity index (χ0) is 18.9. The largest absolute Gasteiger partial charge is 0.338 e. The summed E-state index contributed by atoms with van der Waals surface area (Å²) < 4.78 is 0. The Bertz CT molecular complexity index is 1090. The first-order chi connectivity index (χ1) is 13.8. The number of H-pyrrole nitrogens is 1. The summed E-state index contributed by atoms with van der Waals surface area (Å²) in [5.41, 5.74) is 5.68. The number of fused-ring (bicyclic) bond motifs is 2. The maximum Gasteiger partial charge on any atom is 0.225 e. The third-order valence-corrected chi connectivity index (χ3v) is 7.21. The molecule has 0 fully saturated rings. The summed E-state index contributed by atoms with van der Waals surface area (Å²) in [5, 5.41) is 8.31. The zero-order valence-electron chi connectivity index (χ0n) is 15.5. The molecular formula is C22H21N3OS2. The number of nitrogens with one attached hydrogen (secondary N) is 2. The summed E-state index contributed by atoms with van der Waals surface area (Å²) in [6.07, 6.45) is 5.85. The number of aryl methyl sites for hydroxylation is 2. The fourth-order valence-corrected chi connectivity index (χ4v) is 5.87. The number of nitrogens with zero attached hydrogens (tertiary/aromatic N) is 1. The van der Waals surface area contributed by atoms with Gasteiger partial charge in [0, 0.05) is 11.3 Å². The maximum absolute atomic E-state index is 12.6. The van der Waals surface area contributed by atoms with Gasteiger partial charge in [-0.15, -0.1) is 11.3 Å². The van der Waals surface area contributed by atoms with Gasteiger partial charge >= 0.3 is 0 Å². The summed E-state index contributed by atoms with van der Waals surface area (Å²) in [7, 11) is 0. The van der Waals surface area contributed by atoms with Gasteiger partial charge < -0.3 is 10.3 Å². The molecule has 28 heavy (non-hydrogen) atoms. The topological polar surface area (TPSA) is 57.8 Å². The van der Waals surface area contributed by atoms with Crippen LogP contribution < -0.4 is 5.32 Å². The third-order valence-electron chi connectivity index (χ3n) is 5.27. The lowest BCUT2D eigenvalue weighted by molar-refractivity contribution is -0.116. The SMILES string of the molecule is O=C(CCc1ccsc1)Nc1sc2c(c1-c1nc3ccccc3[nH]1)CCCC2. The average molecular weight is 408 g/mol. The molecule has 0 atom stereocenters. The van der Waals surface area contributed by atoms with E-state index in [9.17, 15) is 4.79 Å². The van der Waals surface area contributed by atoms with Crippen molar-refractivity contribution < 1.29 is 4.79 Å². The number of carbonyl (C=O) groups is 1. The first-order valence-electron chi connectivity index (χ1n) is 9.68. The van der Waals surface area contributed by atoms with E-state index in [-0.39, 0.29) is 5.91 Å². The molecule has 1 aliphatic rings. The van der Waals surface area contributed by atoms with Crippen molar-refractivity contribution in [1.29, 1.82) is 0 Å². The van der Waals surface area contributed by atoms with Crippen LogP contribution in [0.1, 0.15) is 35.3 Å². The molecule has 0 radical (unpaired) electrons. The maximum atomic E-state index is 12.6. The van der Waals surface area contributed by atoms with Gasteiger partial charge in [0.2, 0.25) is 5.91 Å². The molecular weight excluding hydrogens is 386 g/mol. The second-order valence-electron chi connectivity index (χ2n) is 7.20. The smallest absolute Gasteiger partial charge is 0.225 e. The molecule has 0 bridgehead atoms. The van der Waals surface area contributed by atoms with Gasteiger partial charge in [-0.05, 0) is 72.2 Å². The second-order valence-corrected chi connectivity index (χ2v) is 9.08. The van der Waals surface area contributed by atoms with Crippen molar-refractivity contribution in [1.82, 2.24) is 9.97 Å². The van der Waals surface area contributed by atoms with Gasteiger partial charge in [-0.2, -0.15) is 11.3 Å². The Hall–Kier alpha value is -2.44. The van der Waals surface area contributed by atoms with Crippen LogP contribution in [0.15, 0.2) is 41.1 Å². The van der Waals surface area contributed by atoms with Crippen molar-refractivity contribution in [2.45, 2.75) is 38.5 Å². The standard InChI is InChI=1S/C22H21N3OS2/c26-19(10-9-14-11-12-27-13-14)25-22-20(15-5-1-4-8-18(15)28-22)21-23-16-6-2-3-7-17(16)24-21/h2-3,6-7,11-13H,1,4-5,8-10H2,(H,23,24)(H,25,26). The van der Waals surface area contributed by atoms with Crippen LogP contribution in [0.25, 0.3) is 22.4 Å². The molecule has 1 amide bonds.